The summed E-state index contributed by atoms with van der Waals surface area (Å²) in [4.78, 5) is 14.3. The molecule has 3 nitrogen and oxygen atoms in total. The fourth-order valence-corrected chi connectivity index (χ4v) is 2.70. The Bertz CT molecular complexity index is 628. The van der Waals surface area contributed by atoms with Gasteiger partial charge in [0.25, 0.3) is 0 Å². The van der Waals surface area contributed by atoms with Crippen LogP contribution >= 0.6 is 15.9 Å². The van der Waals surface area contributed by atoms with Crippen molar-refractivity contribution in [3.63, 3.8) is 0 Å². The standard InChI is InChI=1S/C17H18BrNO2/c1-19(11-13-7-3-6-10-17(13)21-2)12-16(20)14-8-4-5-9-15(14)18/h3-10H,11-12H2,1-2H3. The van der Waals surface area contributed by atoms with Crippen LogP contribution in [0.3, 0.4) is 0 Å². The number of methoxy groups -OCH3 is 1. The zero-order valence-electron chi connectivity index (χ0n) is 12.2. The molecule has 0 aliphatic carbocycles. The van der Waals surface area contributed by atoms with Crippen LogP contribution in [0.1, 0.15) is 15.9 Å². The summed E-state index contributed by atoms with van der Waals surface area (Å²) in [6, 6.07) is 15.3. The van der Waals surface area contributed by atoms with Gasteiger partial charge in [0.05, 0.1) is 13.7 Å². The van der Waals surface area contributed by atoms with Crippen LogP contribution in [0.2, 0.25) is 0 Å². The molecule has 0 spiro atoms. The summed E-state index contributed by atoms with van der Waals surface area (Å²) in [6.07, 6.45) is 0. The smallest absolute Gasteiger partial charge is 0.177 e. The van der Waals surface area contributed by atoms with Crippen molar-refractivity contribution < 1.29 is 9.53 Å². The molecule has 0 radical (unpaired) electrons. The summed E-state index contributed by atoms with van der Waals surface area (Å²) in [7, 11) is 3.59. The lowest BCUT2D eigenvalue weighted by atomic mass is 10.1. The van der Waals surface area contributed by atoms with Crippen LogP contribution in [0.4, 0.5) is 0 Å². The molecule has 4 heteroatoms. The molecule has 0 N–H and O–H groups in total. The van der Waals surface area contributed by atoms with Crippen LogP contribution in [0.5, 0.6) is 5.75 Å². The Morgan fingerprint density at radius 1 is 1.14 bits per heavy atom. The number of hydrogen-bond donors (Lipinski definition) is 0. The van der Waals surface area contributed by atoms with Gasteiger partial charge in [-0.15, -0.1) is 0 Å². The first-order valence-corrected chi connectivity index (χ1v) is 7.49. The molecule has 0 saturated carbocycles. The molecule has 2 rings (SSSR count). The first kappa shape index (κ1) is 15.7. The second kappa shape index (κ2) is 7.38. The number of carbonyl (C=O) groups is 1. The van der Waals surface area contributed by atoms with Gasteiger partial charge in [0, 0.05) is 22.1 Å². The predicted molar refractivity (Wildman–Crippen MR) is 87.8 cm³/mol. The molecule has 2 aromatic rings. The van der Waals surface area contributed by atoms with E-state index in [2.05, 4.69) is 15.9 Å². The van der Waals surface area contributed by atoms with Gasteiger partial charge >= 0.3 is 0 Å². The molecule has 0 atom stereocenters. The highest BCUT2D eigenvalue weighted by atomic mass is 79.9. The third-order valence-corrected chi connectivity index (χ3v) is 3.91. The fraction of sp³-hybridized carbons (Fsp3) is 0.235. The van der Waals surface area contributed by atoms with E-state index in [4.69, 9.17) is 4.74 Å². The zero-order valence-corrected chi connectivity index (χ0v) is 13.8. The molecule has 0 saturated heterocycles. The minimum Gasteiger partial charge on any atom is -0.496 e. The van der Waals surface area contributed by atoms with E-state index in [1.54, 1.807) is 7.11 Å². The summed E-state index contributed by atoms with van der Waals surface area (Å²) >= 11 is 3.42. The lowest BCUT2D eigenvalue weighted by molar-refractivity contribution is 0.0942. The van der Waals surface area contributed by atoms with Crippen LogP contribution in [0, 0.1) is 0 Å². The number of hydrogen-bond acceptors (Lipinski definition) is 3. The molecule has 0 unspecified atom stereocenters. The topological polar surface area (TPSA) is 29.5 Å². The number of carbonyl (C=O) groups excluding carboxylic acids is 1. The highest BCUT2D eigenvalue weighted by Crippen LogP contribution is 2.20. The number of halogens is 1. The van der Waals surface area contributed by atoms with Crippen molar-refractivity contribution >= 4 is 21.7 Å². The van der Waals surface area contributed by atoms with E-state index >= 15 is 0 Å². The van der Waals surface area contributed by atoms with Gasteiger partial charge in [-0.25, -0.2) is 0 Å². The minimum atomic E-state index is 0.0971. The Labute approximate surface area is 133 Å². The average molecular weight is 348 g/mol. The van der Waals surface area contributed by atoms with Gasteiger partial charge in [0.15, 0.2) is 5.78 Å². The highest BCUT2D eigenvalue weighted by Gasteiger charge is 2.13. The van der Waals surface area contributed by atoms with Crippen molar-refractivity contribution in [3.8, 4) is 5.75 Å². The first-order chi connectivity index (χ1) is 10.1. The number of Topliss-reactive ketones (excluding diaryl/α,β-unsaturated/α-hetero) is 1. The molecule has 0 amide bonds. The van der Waals surface area contributed by atoms with Crippen molar-refractivity contribution in [3.05, 3.63) is 64.1 Å². The number of rotatable bonds is 6. The third-order valence-electron chi connectivity index (χ3n) is 3.22. The van der Waals surface area contributed by atoms with E-state index in [1.165, 1.54) is 0 Å². The highest BCUT2D eigenvalue weighted by molar-refractivity contribution is 9.10. The summed E-state index contributed by atoms with van der Waals surface area (Å²) in [5.74, 6) is 0.942. The summed E-state index contributed by atoms with van der Waals surface area (Å²) in [5, 5.41) is 0. The minimum absolute atomic E-state index is 0.0971. The van der Waals surface area contributed by atoms with Gasteiger partial charge < -0.3 is 4.74 Å². The quantitative estimate of drug-likeness (QED) is 0.745. The molecule has 21 heavy (non-hydrogen) atoms. The molecule has 110 valence electrons. The van der Waals surface area contributed by atoms with Crippen molar-refractivity contribution in [2.75, 3.05) is 20.7 Å². The van der Waals surface area contributed by atoms with E-state index in [0.717, 1.165) is 15.8 Å². The van der Waals surface area contributed by atoms with Crippen LogP contribution in [-0.4, -0.2) is 31.4 Å². The predicted octanol–water partition coefficient (Wildman–Crippen LogP) is 3.77. The molecular weight excluding hydrogens is 330 g/mol. The molecule has 2 aromatic carbocycles. The van der Waals surface area contributed by atoms with E-state index in [-0.39, 0.29) is 5.78 Å². The second-order valence-electron chi connectivity index (χ2n) is 4.89. The molecule has 0 heterocycles. The molecule has 0 aliphatic heterocycles. The van der Waals surface area contributed by atoms with Crippen molar-refractivity contribution in [1.29, 1.82) is 0 Å². The van der Waals surface area contributed by atoms with E-state index in [9.17, 15) is 4.79 Å². The number of ether oxygens (including phenoxy) is 1. The summed E-state index contributed by atoms with van der Waals surface area (Å²) in [6.45, 7) is 1.03. The average Bonchev–Trinajstić information content (AvgIpc) is 2.48. The van der Waals surface area contributed by atoms with Crippen LogP contribution in [0.25, 0.3) is 0 Å². The second-order valence-corrected chi connectivity index (χ2v) is 5.74. The Hall–Kier alpha value is -1.65. The van der Waals surface area contributed by atoms with Crippen LogP contribution in [-0.2, 0) is 6.54 Å². The molecule has 0 bridgehead atoms. The summed E-state index contributed by atoms with van der Waals surface area (Å²) < 4.78 is 6.17. The van der Waals surface area contributed by atoms with Gasteiger partial charge in [-0.3, -0.25) is 9.69 Å². The molecular formula is C17H18BrNO2. The Balaban J connectivity index is 2.03. The number of benzene rings is 2. The van der Waals surface area contributed by atoms with Gasteiger partial charge in [0.2, 0.25) is 0 Å². The lowest BCUT2D eigenvalue weighted by Crippen LogP contribution is -2.26. The Kier molecular flexibility index (Phi) is 5.53. The van der Waals surface area contributed by atoms with Gasteiger partial charge in [-0.05, 0) is 19.2 Å². The van der Waals surface area contributed by atoms with Gasteiger partial charge in [-0.1, -0.05) is 52.3 Å². The van der Waals surface area contributed by atoms with Crippen molar-refractivity contribution in [2.45, 2.75) is 6.54 Å². The molecule has 0 aromatic heterocycles. The van der Waals surface area contributed by atoms with Crippen LogP contribution in [0.15, 0.2) is 53.0 Å². The number of ketones is 1. The Morgan fingerprint density at radius 3 is 2.52 bits per heavy atom. The fourth-order valence-electron chi connectivity index (χ4n) is 2.20. The summed E-state index contributed by atoms with van der Waals surface area (Å²) in [5.41, 5.74) is 1.78. The SMILES string of the molecule is COc1ccccc1CN(C)CC(=O)c1ccccc1Br. The van der Waals surface area contributed by atoms with Gasteiger partial charge in [-0.2, -0.15) is 0 Å². The van der Waals surface area contributed by atoms with E-state index < -0.39 is 0 Å². The Morgan fingerprint density at radius 2 is 1.81 bits per heavy atom. The van der Waals surface area contributed by atoms with Crippen molar-refractivity contribution in [1.82, 2.24) is 4.90 Å². The zero-order chi connectivity index (χ0) is 15.2. The third kappa shape index (κ3) is 4.16. The van der Waals surface area contributed by atoms with E-state index in [1.807, 2.05) is 60.5 Å². The van der Waals surface area contributed by atoms with Gasteiger partial charge in [0.1, 0.15) is 5.75 Å². The molecule has 0 fully saturated rings. The maximum Gasteiger partial charge on any atom is 0.177 e. The van der Waals surface area contributed by atoms with Crippen molar-refractivity contribution in [2.24, 2.45) is 0 Å². The largest absolute Gasteiger partial charge is 0.496 e. The lowest BCUT2D eigenvalue weighted by Gasteiger charge is -2.18. The first-order valence-electron chi connectivity index (χ1n) is 6.70. The van der Waals surface area contributed by atoms with E-state index in [0.29, 0.717) is 18.7 Å². The number of nitrogens with zero attached hydrogens (tertiary/aromatic N) is 1. The monoisotopic (exact) mass is 347 g/mol. The normalized spacial score (nSPS) is 10.7. The molecule has 0 aliphatic rings. The number of para-hydroxylation sites is 1. The van der Waals surface area contributed by atoms with Crippen LogP contribution < -0.4 is 4.74 Å². The number of likely N-dealkylation sites (N-methyl/N-ethyl adjacent to an activating group) is 1. The maximum atomic E-state index is 12.3. The maximum absolute atomic E-state index is 12.3.